The third-order valence-electron chi connectivity index (χ3n) is 1.21. The average Bonchev–Trinajstić information content (AvgIpc) is 1.95. The molecule has 0 atom stereocenters. The van der Waals surface area contributed by atoms with Gasteiger partial charge in [0.1, 0.15) is 0 Å². The molecule has 0 unspecified atom stereocenters. The van der Waals surface area contributed by atoms with Gasteiger partial charge in [-0.15, -0.1) is 0 Å². The van der Waals surface area contributed by atoms with Crippen LogP contribution in [-0.4, -0.2) is 6.21 Å². The van der Waals surface area contributed by atoms with Crippen molar-refractivity contribution in [3.8, 4) is 0 Å². The lowest BCUT2D eigenvalue weighted by atomic mass is 10.2. The lowest BCUT2D eigenvalue weighted by molar-refractivity contribution is 1.54. The number of anilines is 1. The highest BCUT2D eigenvalue weighted by molar-refractivity contribution is 6.35. The van der Waals surface area contributed by atoms with E-state index in [1.165, 1.54) is 6.21 Å². The van der Waals surface area contributed by atoms with Gasteiger partial charge < -0.3 is 11.1 Å². The molecule has 0 saturated carbocycles. The fourth-order valence-electron chi connectivity index (χ4n) is 0.680. The summed E-state index contributed by atoms with van der Waals surface area (Å²) in [5.74, 6) is 0. The number of benzene rings is 1. The summed E-state index contributed by atoms with van der Waals surface area (Å²) in [5, 5.41) is 7.37. The van der Waals surface area contributed by atoms with Crippen molar-refractivity contribution in [1.82, 2.24) is 0 Å². The third kappa shape index (κ3) is 1.11. The number of hydrogen-bond donors (Lipinski definition) is 2. The number of halogens is 1. The van der Waals surface area contributed by atoms with Crippen LogP contribution in [0.25, 0.3) is 0 Å². The molecule has 0 bridgehead atoms. The highest BCUT2D eigenvalue weighted by Gasteiger charge is 1.98. The Bertz CT molecular complexity index is 258. The molecule has 0 amide bonds. The summed E-state index contributed by atoms with van der Waals surface area (Å²) in [5.41, 5.74) is 6.63. The summed E-state index contributed by atoms with van der Waals surface area (Å²) in [4.78, 5) is 0. The van der Waals surface area contributed by atoms with E-state index in [4.69, 9.17) is 22.7 Å². The van der Waals surface area contributed by atoms with E-state index in [0.717, 1.165) is 0 Å². The first-order valence-electron chi connectivity index (χ1n) is 2.80. The van der Waals surface area contributed by atoms with Crippen LogP contribution in [0.15, 0.2) is 18.2 Å². The lowest BCUT2D eigenvalue weighted by Crippen LogP contribution is -1.89. The second-order valence-corrected chi connectivity index (χ2v) is 2.27. The standard InChI is InChI=1S/C7H7ClN2/c8-7-5(4-9)2-1-3-6(7)10/h1-4,9H,10H2. The van der Waals surface area contributed by atoms with Gasteiger partial charge in [0, 0.05) is 11.8 Å². The molecule has 0 aromatic heterocycles. The van der Waals surface area contributed by atoms with Crippen LogP contribution in [-0.2, 0) is 0 Å². The molecule has 2 nitrogen and oxygen atoms in total. The van der Waals surface area contributed by atoms with Gasteiger partial charge in [0.15, 0.2) is 0 Å². The van der Waals surface area contributed by atoms with Gasteiger partial charge in [-0.1, -0.05) is 23.7 Å². The molecule has 0 fully saturated rings. The van der Waals surface area contributed by atoms with E-state index >= 15 is 0 Å². The largest absolute Gasteiger partial charge is 0.398 e. The smallest absolute Gasteiger partial charge is 0.0722 e. The van der Waals surface area contributed by atoms with E-state index in [2.05, 4.69) is 0 Å². The minimum Gasteiger partial charge on any atom is -0.398 e. The molecule has 3 heteroatoms. The van der Waals surface area contributed by atoms with E-state index in [9.17, 15) is 0 Å². The van der Waals surface area contributed by atoms with Crippen LogP contribution in [0.3, 0.4) is 0 Å². The molecule has 52 valence electrons. The summed E-state index contributed by atoms with van der Waals surface area (Å²) in [6, 6.07) is 5.21. The highest BCUT2D eigenvalue weighted by Crippen LogP contribution is 2.20. The SMILES string of the molecule is N=Cc1cccc(N)c1Cl. The molecule has 1 aromatic rings. The highest BCUT2D eigenvalue weighted by atomic mass is 35.5. The van der Waals surface area contributed by atoms with Crippen molar-refractivity contribution in [2.75, 3.05) is 5.73 Å². The van der Waals surface area contributed by atoms with E-state index < -0.39 is 0 Å². The van der Waals surface area contributed by atoms with Gasteiger partial charge in [0.05, 0.1) is 10.7 Å². The molecule has 10 heavy (non-hydrogen) atoms. The van der Waals surface area contributed by atoms with Crippen molar-refractivity contribution in [3.63, 3.8) is 0 Å². The predicted molar refractivity (Wildman–Crippen MR) is 43.8 cm³/mol. The quantitative estimate of drug-likeness (QED) is 0.471. The van der Waals surface area contributed by atoms with Crippen LogP contribution in [0.2, 0.25) is 5.02 Å². The summed E-state index contributed by atoms with van der Waals surface area (Å²) < 4.78 is 0. The predicted octanol–water partition coefficient (Wildman–Crippen LogP) is 1.92. The Morgan fingerprint density at radius 2 is 2.20 bits per heavy atom. The Morgan fingerprint density at radius 3 is 2.70 bits per heavy atom. The molecular formula is C7H7ClN2. The topological polar surface area (TPSA) is 49.9 Å². The van der Waals surface area contributed by atoms with Gasteiger partial charge in [-0.2, -0.15) is 0 Å². The molecule has 0 spiro atoms. The minimum absolute atomic E-state index is 0.456. The molecule has 0 saturated heterocycles. The number of nitrogens with one attached hydrogen (secondary N) is 1. The van der Waals surface area contributed by atoms with Crippen LogP contribution >= 0.6 is 11.6 Å². The van der Waals surface area contributed by atoms with Crippen LogP contribution in [0, 0.1) is 5.41 Å². The molecule has 3 N–H and O–H groups in total. The second kappa shape index (κ2) is 2.71. The Kier molecular flexibility index (Phi) is 1.92. The summed E-state index contributed by atoms with van der Waals surface area (Å²) in [6.07, 6.45) is 1.18. The van der Waals surface area contributed by atoms with Crippen molar-refractivity contribution in [2.45, 2.75) is 0 Å². The Balaban J connectivity index is 3.27. The Morgan fingerprint density at radius 1 is 1.50 bits per heavy atom. The van der Waals surface area contributed by atoms with Crippen molar-refractivity contribution in [3.05, 3.63) is 28.8 Å². The van der Waals surface area contributed by atoms with Gasteiger partial charge in [-0.05, 0) is 6.07 Å². The van der Waals surface area contributed by atoms with Crippen molar-refractivity contribution in [1.29, 1.82) is 5.41 Å². The average molecular weight is 155 g/mol. The first-order chi connectivity index (χ1) is 4.75. The van der Waals surface area contributed by atoms with E-state index in [-0.39, 0.29) is 0 Å². The number of nitrogen functional groups attached to an aromatic ring is 1. The molecule has 1 rings (SSSR count). The summed E-state index contributed by atoms with van der Waals surface area (Å²) in [7, 11) is 0. The molecular weight excluding hydrogens is 148 g/mol. The fourth-order valence-corrected chi connectivity index (χ4v) is 0.860. The number of nitrogens with two attached hydrogens (primary N) is 1. The van der Waals surface area contributed by atoms with Crippen molar-refractivity contribution < 1.29 is 0 Å². The maximum atomic E-state index is 6.92. The lowest BCUT2D eigenvalue weighted by Gasteiger charge is -1.98. The normalized spacial score (nSPS) is 9.30. The van der Waals surface area contributed by atoms with Crippen LogP contribution in [0.5, 0.6) is 0 Å². The first-order valence-corrected chi connectivity index (χ1v) is 3.18. The zero-order valence-corrected chi connectivity index (χ0v) is 6.02. The van der Waals surface area contributed by atoms with Gasteiger partial charge >= 0.3 is 0 Å². The Hall–Kier alpha value is -1.02. The van der Waals surface area contributed by atoms with Gasteiger partial charge in [0.2, 0.25) is 0 Å². The van der Waals surface area contributed by atoms with E-state index in [1.807, 2.05) is 0 Å². The number of rotatable bonds is 1. The molecule has 1 aromatic carbocycles. The van der Waals surface area contributed by atoms with Crippen molar-refractivity contribution in [2.24, 2.45) is 0 Å². The van der Waals surface area contributed by atoms with Gasteiger partial charge in [0.25, 0.3) is 0 Å². The molecule has 0 radical (unpaired) electrons. The van der Waals surface area contributed by atoms with Crippen LogP contribution in [0.1, 0.15) is 5.56 Å². The van der Waals surface area contributed by atoms with E-state index in [0.29, 0.717) is 16.3 Å². The Labute approximate surface area is 64.1 Å². The second-order valence-electron chi connectivity index (χ2n) is 1.89. The fraction of sp³-hybridized carbons (Fsp3) is 0. The van der Waals surface area contributed by atoms with Gasteiger partial charge in [-0.25, -0.2) is 0 Å². The maximum Gasteiger partial charge on any atom is 0.0722 e. The third-order valence-corrected chi connectivity index (χ3v) is 1.65. The molecule has 0 heterocycles. The molecule has 0 aliphatic heterocycles. The van der Waals surface area contributed by atoms with Gasteiger partial charge in [-0.3, -0.25) is 0 Å². The minimum atomic E-state index is 0.456. The molecule has 0 aliphatic carbocycles. The van der Waals surface area contributed by atoms with Crippen LogP contribution in [0.4, 0.5) is 5.69 Å². The summed E-state index contributed by atoms with van der Waals surface area (Å²) >= 11 is 5.72. The monoisotopic (exact) mass is 154 g/mol. The maximum absolute atomic E-state index is 6.92. The first kappa shape index (κ1) is 7.09. The van der Waals surface area contributed by atoms with Crippen LogP contribution < -0.4 is 5.73 Å². The van der Waals surface area contributed by atoms with E-state index in [1.54, 1.807) is 18.2 Å². The zero-order chi connectivity index (χ0) is 7.56. The zero-order valence-electron chi connectivity index (χ0n) is 5.26. The molecule has 0 aliphatic rings. The summed E-state index contributed by atoms with van der Waals surface area (Å²) in [6.45, 7) is 0. The number of hydrogen-bond acceptors (Lipinski definition) is 2. The van der Waals surface area contributed by atoms with Crippen molar-refractivity contribution >= 4 is 23.5 Å².